The van der Waals surface area contributed by atoms with Crippen molar-refractivity contribution in [2.24, 2.45) is 5.92 Å². The van der Waals surface area contributed by atoms with Crippen molar-refractivity contribution in [3.8, 4) is 0 Å². The van der Waals surface area contributed by atoms with Crippen LogP contribution in [-0.2, 0) is 14.3 Å². The Kier molecular flexibility index (Phi) is 5.69. The van der Waals surface area contributed by atoms with Gasteiger partial charge in [0, 0.05) is 18.8 Å². The highest BCUT2D eigenvalue weighted by Crippen LogP contribution is 2.36. The van der Waals surface area contributed by atoms with E-state index in [0.717, 1.165) is 5.56 Å². The second-order valence-electron chi connectivity index (χ2n) is 5.88. The molecule has 0 radical (unpaired) electrons. The van der Waals surface area contributed by atoms with Crippen LogP contribution in [-0.4, -0.2) is 24.9 Å². The summed E-state index contributed by atoms with van der Waals surface area (Å²) in [6.45, 7) is 0. The lowest BCUT2D eigenvalue weighted by atomic mass is 9.86. The van der Waals surface area contributed by atoms with Crippen molar-refractivity contribution in [3.63, 3.8) is 0 Å². The summed E-state index contributed by atoms with van der Waals surface area (Å²) in [4.78, 5) is 23.9. The van der Waals surface area contributed by atoms with Gasteiger partial charge < -0.3 is 10.1 Å². The number of methoxy groups -OCH3 is 1. The number of rotatable bonds is 5. The number of ether oxygens (including phenoxy) is 1. The first-order valence-electron chi connectivity index (χ1n) is 7.71. The van der Waals surface area contributed by atoms with Crippen molar-refractivity contribution >= 4 is 11.9 Å². The molecule has 1 aromatic carbocycles. The summed E-state index contributed by atoms with van der Waals surface area (Å²) in [6.07, 6.45) is -0.192. The van der Waals surface area contributed by atoms with Crippen LogP contribution in [0, 0.1) is 5.92 Å². The molecule has 126 valence electrons. The van der Waals surface area contributed by atoms with Crippen LogP contribution in [0.5, 0.6) is 0 Å². The van der Waals surface area contributed by atoms with Gasteiger partial charge in [-0.1, -0.05) is 30.3 Å². The predicted molar refractivity (Wildman–Crippen MR) is 80.9 cm³/mol. The highest BCUT2D eigenvalue weighted by molar-refractivity contribution is 5.80. The van der Waals surface area contributed by atoms with Crippen LogP contribution in [0.2, 0.25) is 0 Å². The number of hydrogen-bond donors (Lipinski definition) is 1. The van der Waals surface area contributed by atoms with E-state index in [-0.39, 0.29) is 38.0 Å². The molecule has 1 fully saturated rings. The van der Waals surface area contributed by atoms with Crippen LogP contribution < -0.4 is 5.32 Å². The zero-order valence-electron chi connectivity index (χ0n) is 13.1. The fourth-order valence-electron chi connectivity index (χ4n) is 2.78. The van der Waals surface area contributed by atoms with E-state index in [2.05, 4.69) is 10.1 Å². The standard InChI is InChI=1S/C17H21F2NO3/c1-23-15(21)11-14(12-5-3-2-4-6-12)20-16(22)13-7-9-17(18,19)10-8-13/h2-6,13-14H,7-11H2,1H3,(H,20,22). The minimum atomic E-state index is -2.67. The molecular weight excluding hydrogens is 304 g/mol. The second-order valence-corrected chi connectivity index (χ2v) is 5.88. The largest absolute Gasteiger partial charge is 0.469 e. The van der Waals surface area contributed by atoms with Crippen LogP contribution in [0.4, 0.5) is 8.78 Å². The Morgan fingerprint density at radius 3 is 2.43 bits per heavy atom. The van der Waals surface area contributed by atoms with Gasteiger partial charge in [-0.2, -0.15) is 0 Å². The average molecular weight is 325 g/mol. The molecule has 2 rings (SSSR count). The zero-order valence-corrected chi connectivity index (χ0v) is 13.1. The van der Waals surface area contributed by atoms with Gasteiger partial charge in [0.2, 0.25) is 11.8 Å². The topological polar surface area (TPSA) is 55.4 Å². The molecule has 0 saturated heterocycles. The van der Waals surface area contributed by atoms with E-state index in [1.165, 1.54) is 7.11 Å². The van der Waals surface area contributed by atoms with E-state index in [1.807, 2.05) is 30.3 Å². The second kappa shape index (κ2) is 7.53. The number of hydrogen-bond acceptors (Lipinski definition) is 3. The lowest BCUT2D eigenvalue weighted by molar-refractivity contribution is -0.141. The lowest BCUT2D eigenvalue weighted by Gasteiger charge is -2.29. The van der Waals surface area contributed by atoms with Gasteiger partial charge in [0.1, 0.15) is 0 Å². The molecule has 4 nitrogen and oxygen atoms in total. The third kappa shape index (κ3) is 5.01. The molecule has 1 N–H and O–H groups in total. The molecule has 6 heteroatoms. The van der Waals surface area contributed by atoms with Crippen LogP contribution in [0.15, 0.2) is 30.3 Å². The maximum atomic E-state index is 13.2. The molecule has 0 heterocycles. The number of benzene rings is 1. The third-order valence-electron chi connectivity index (χ3n) is 4.20. The molecule has 0 aliphatic heterocycles. The van der Waals surface area contributed by atoms with Crippen LogP contribution in [0.1, 0.15) is 43.7 Å². The van der Waals surface area contributed by atoms with Crippen molar-refractivity contribution in [2.75, 3.05) is 7.11 Å². The minimum Gasteiger partial charge on any atom is -0.469 e. The van der Waals surface area contributed by atoms with Crippen molar-refractivity contribution in [1.29, 1.82) is 0 Å². The van der Waals surface area contributed by atoms with Crippen molar-refractivity contribution in [2.45, 2.75) is 44.1 Å². The summed E-state index contributed by atoms with van der Waals surface area (Å²) in [6, 6.07) is 8.56. The van der Waals surface area contributed by atoms with E-state index in [9.17, 15) is 18.4 Å². The first-order valence-corrected chi connectivity index (χ1v) is 7.71. The minimum absolute atomic E-state index is 0.00906. The number of carbonyl (C=O) groups excluding carboxylic acids is 2. The molecule has 0 bridgehead atoms. The van der Waals surface area contributed by atoms with Crippen LogP contribution in [0.25, 0.3) is 0 Å². The molecule has 1 saturated carbocycles. The maximum Gasteiger partial charge on any atom is 0.307 e. The SMILES string of the molecule is COC(=O)CC(NC(=O)C1CCC(F)(F)CC1)c1ccccc1. The quantitative estimate of drug-likeness (QED) is 0.846. The van der Waals surface area contributed by atoms with Crippen LogP contribution in [0.3, 0.4) is 0 Å². The molecule has 1 unspecified atom stereocenters. The number of amides is 1. The van der Waals surface area contributed by atoms with Gasteiger partial charge in [-0.05, 0) is 18.4 Å². The smallest absolute Gasteiger partial charge is 0.307 e. The summed E-state index contributed by atoms with van der Waals surface area (Å²) in [5, 5.41) is 2.81. The highest BCUT2D eigenvalue weighted by Gasteiger charge is 2.37. The highest BCUT2D eigenvalue weighted by atomic mass is 19.3. The van der Waals surface area contributed by atoms with E-state index >= 15 is 0 Å². The monoisotopic (exact) mass is 325 g/mol. The van der Waals surface area contributed by atoms with E-state index in [1.54, 1.807) is 0 Å². The summed E-state index contributed by atoms with van der Waals surface area (Å²) in [7, 11) is 1.29. The molecule has 1 aliphatic carbocycles. The van der Waals surface area contributed by atoms with Gasteiger partial charge >= 0.3 is 5.97 Å². The number of alkyl halides is 2. The number of halogens is 2. The Bertz CT molecular complexity index is 538. The third-order valence-corrected chi connectivity index (χ3v) is 4.20. The Hall–Kier alpha value is -1.98. The molecule has 1 aromatic rings. The van der Waals surface area contributed by atoms with Crippen molar-refractivity contribution < 1.29 is 23.1 Å². The average Bonchev–Trinajstić information content (AvgIpc) is 2.54. The first-order chi connectivity index (χ1) is 10.9. The Morgan fingerprint density at radius 1 is 1.26 bits per heavy atom. The van der Waals surface area contributed by atoms with E-state index in [0.29, 0.717) is 0 Å². The van der Waals surface area contributed by atoms with Crippen molar-refractivity contribution in [3.05, 3.63) is 35.9 Å². The molecule has 1 amide bonds. The van der Waals surface area contributed by atoms with Gasteiger partial charge in [0.05, 0.1) is 19.6 Å². The fraction of sp³-hybridized carbons (Fsp3) is 0.529. The molecule has 0 aromatic heterocycles. The fourth-order valence-corrected chi connectivity index (χ4v) is 2.78. The number of nitrogens with one attached hydrogen (secondary N) is 1. The molecule has 0 spiro atoms. The summed E-state index contributed by atoms with van der Waals surface area (Å²) < 4.78 is 31.1. The van der Waals surface area contributed by atoms with E-state index < -0.39 is 23.9 Å². The molecule has 23 heavy (non-hydrogen) atoms. The van der Waals surface area contributed by atoms with Crippen molar-refractivity contribution in [1.82, 2.24) is 5.32 Å². The lowest BCUT2D eigenvalue weighted by Crippen LogP contribution is -2.38. The molecule has 1 atom stereocenters. The maximum absolute atomic E-state index is 13.2. The summed E-state index contributed by atoms with van der Waals surface area (Å²) in [5.41, 5.74) is 0.785. The van der Waals surface area contributed by atoms with Gasteiger partial charge in [0.25, 0.3) is 0 Å². The van der Waals surface area contributed by atoms with Gasteiger partial charge in [-0.15, -0.1) is 0 Å². The van der Waals surface area contributed by atoms with Gasteiger partial charge in [0.15, 0.2) is 0 Å². The molecule has 1 aliphatic rings. The summed E-state index contributed by atoms with van der Waals surface area (Å²) in [5.74, 6) is -3.81. The van der Waals surface area contributed by atoms with Crippen LogP contribution >= 0.6 is 0 Å². The van der Waals surface area contributed by atoms with Gasteiger partial charge in [-0.25, -0.2) is 8.78 Å². The zero-order chi connectivity index (χ0) is 16.9. The number of carbonyl (C=O) groups is 2. The first kappa shape index (κ1) is 17.4. The Morgan fingerprint density at radius 2 is 1.87 bits per heavy atom. The number of esters is 1. The molecular formula is C17H21F2NO3. The predicted octanol–water partition coefficient (Wildman–Crippen LogP) is 3.23. The normalized spacial score (nSPS) is 18.9. The Balaban J connectivity index is 2.02. The van der Waals surface area contributed by atoms with Gasteiger partial charge in [-0.3, -0.25) is 9.59 Å². The Labute approximate surface area is 134 Å². The van der Waals surface area contributed by atoms with E-state index in [4.69, 9.17) is 0 Å². The summed E-state index contributed by atoms with van der Waals surface area (Å²) >= 11 is 0.